The Bertz CT molecular complexity index is 716. The van der Waals surface area contributed by atoms with Gasteiger partial charge in [-0.25, -0.2) is 0 Å². The Balaban J connectivity index is 1.73. The number of benzene rings is 2. The molecule has 0 atom stereocenters. The van der Waals surface area contributed by atoms with Gasteiger partial charge in [0.1, 0.15) is 0 Å². The van der Waals surface area contributed by atoms with E-state index in [0.717, 1.165) is 54.5 Å². The van der Waals surface area contributed by atoms with Crippen molar-refractivity contribution in [3.63, 3.8) is 0 Å². The van der Waals surface area contributed by atoms with Gasteiger partial charge in [0, 0.05) is 42.0 Å². The van der Waals surface area contributed by atoms with Crippen molar-refractivity contribution in [3.05, 3.63) is 52.0 Å². The van der Waals surface area contributed by atoms with Crippen molar-refractivity contribution >= 4 is 17.3 Å². The molecule has 0 saturated carbocycles. The maximum Gasteiger partial charge on any atom is 0.164 e. The van der Waals surface area contributed by atoms with E-state index in [9.17, 15) is 0 Å². The first-order valence-electron chi connectivity index (χ1n) is 8.11. The third-order valence-electron chi connectivity index (χ3n) is 4.61. The minimum absolute atomic E-state index is 0.711. The predicted octanol–water partition coefficient (Wildman–Crippen LogP) is 3.54. The molecule has 0 radical (unpaired) electrons. The lowest BCUT2D eigenvalue weighted by molar-refractivity contribution is 0.253. The van der Waals surface area contributed by atoms with Gasteiger partial charge in [-0.3, -0.25) is 4.90 Å². The number of hydrogen-bond donors (Lipinski definition) is 1. The number of nitrogens with two attached hydrogens (primary N) is 1. The maximum absolute atomic E-state index is 6.25. The highest BCUT2D eigenvalue weighted by Gasteiger charge is 2.24. The second-order valence-electron chi connectivity index (χ2n) is 6.06. The van der Waals surface area contributed by atoms with E-state index in [4.69, 9.17) is 26.8 Å². The predicted molar refractivity (Wildman–Crippen MR) is 98.1 cm³/mol. The first kappa shape index (κ1) is 16.9. The van der Waals surface area contributed by atoms with E-state index in [1.165, 1.54) is 11.1 Å². The van der Waals surface area contributed by atoms with Gasteiger partial charge in [-0.15, -0.1) is 0 Å². The summed E-state index contributed by atoms with van der Waals surface area (Å²) in [7, 11) is 3.33. The summed E-state index contributed by atoms with van der Waals surface area (Å²) < 4.78 is 10.9. The fourth-order valence-corrected chi connectivity index (χ4v) is 3.41. The molecule has 0 spiro atoms. The van der Waals surface area contributed by atoms with E-state index in [1.54, 1.807) is 14.2 Å². The van der Waals surface area contributed by atoms with E-state index in [2.05, 4.69) is 17.0 Å². The van der Waals surface area contributed by atoms with E-state index >= 15 is 0 Å². The second kappa shape index (κ2) is 7.32. The molecule has 1 aliphatic heterocycles. The lowest BCUT2D eigenvalue weighted by atomic mass is 9.96. The molecule has 2 N–H and O–H groups in total. The number of halogens is 1. The van der Waals surface area contributed by atoms with Crippen molar-refractivity contribution in [2.75, 3.05) is 33.0 Å². The molecule has 128 valence electrons. The summed E-state index contributed by atoms with van der Waals surface area (Å²) in [5.41, 5.74) is 10.7. The van der Waals surface area contributed by atoms with Gasteiger partial charge in [-0.2, -0.15) is 0 Å². The van der Waals surface area contributed by atoms with Crippen LogP contribution in [0, 0.1) is 0 Å². The first-order valence-corrected chi connectivity index (χ1v) is 8.49. The molecule has 0 aliphatic carbocycles. The third-order valence-corrected chi connectivity index (χ3v) is 4.86. The molecule has 1 aliphatic rings. The van der Waals surface area contributed by atoms with Crippen LogP contribution in [-0.4, -0.2) is 32.2 Å². The zero-order valence-electron chi connectivity index (χ0n) is 14.1. The Hall–Kier alpha value is -1.91. The summed E-state index contributed by atoms with van der Waals surface area (Å²) in [5.74, 6) is 1.53. The quantitative estimate of drug-likeness (QED) is 0.841. The SMILES string of the molecule is COc1cc(N)c2c(c1OC)CCN(CCc1ccc(Cl)cc1)C2. The van der Waals surface area contributed by atoms with Gasteiger partial charge < -0.3 is 15.2 Å². The number of anilines is 1. The minimum Gasteiger partial charge on any atom is -0.493 e. The highest BCUT2D eigenvalue weighted by atomic mass is 35.5. The molecular formula is C19H23ClN2O2. The molecule has 2 aromatic rings. The van der Waals surface area contributed by atoms with Crippen LogP contribution in [0.2, 0.25) is 5.02 Å². The number of fused-ring (bicyclic) bond motifs is 1. The first-order chi connectivity index (χ1) is 11.6. The van der Waals surface area contributed by atoms with E-state index in [1.807, 2.05) is 18.2 Å². The molecule has 0 bridgehead atoms. The molecule has 3 rings (SSSR count). The van der Waals surface area contributed by atoms with Crippen molar-refractivity contribution in [2.24, 2.45) is 0 Å². The van der Waals surface area contributed by atoms with Gasteiger partial charge in [0.15, 0.2) is 11.5 Å². The molecule has 5 heteroatoms. The number of hydrogen-bond acceptors (Lipinski definition) is 4. The van der Waals surface area contributed by atoms with Crippen LogP contribution < -0.4 is 15.2 Å². The van der Waals surface area contributed by atoms with Crippen LogP contribution >= 0.6 is 11.6 Å². The van der Waals surface area contributed by atoms with Gasteiger partial charge in [-0.05, 0) is 36.1 Å². The fraction of sp³-hybridized carbons (Fsp3) is 0.368. The summed E-state index contributed by atoms with van der Waals surface area (Å²) in [6, 6.07) is 9.92. The average Bonchev–Trinajstić information content (AvgIpc) is 2.61. The summed E-state index contributed by atoms with van der Waals surface area (Å²) in [4.78, 5) is 2.43. The van der Waals surface area contributed by atoms with Crippen LogP contribution in [0.3, 0.4) is 0 Å². The largest absolute Gasteiger partial charge is 0.493 e. The molecule has 1 heterocycles. The maximum atomic E-state index is 6.25. The highest BCUT2D eigenvalue weighted by molar-refractivity contribution is 6.30. The van der Waals surface area contributed by atoms with Crippen LogP contribution in [0.25, 0.3) is 0 Å². The Morgan fingerprint density at radius 3 is 2.54 bits per heavy atom. The molecule has 4 nitrogen and oxygen atoms in total. The van der Waals surface area contributed by atoms with Crippen LogP contribution in [0.5, 0.6) is 11.5 Å². The summed E-state index contributed by atoms with van der Waals surface area (Å²) in [5, 5.41) is 0.777. The topological polar surface area (TPSA) is 47.7 Å². The van der Waals surface area contributed by atoms with Gasteiger partial charge in [0.05, 0.1) is 14.2 Å². The number of ether oxygens (including phenoxy) is 2. The van der Waals surface area contributed by atoms with E-state index in [0.29, 0.717) is 5.75 Å². The summed E-state index contributed by atoms with van der Waals surface area (Å²) in [6.45, 7) is 2.83. The fourth-order valence-electron chi connectivity index (χ4n) is 3.28. The third kappa shape index (κ3) is 3.45. The average molecular weight is 347 g/mol. The Labute approximate surface area is 148 Å². The number of nitrogens with zero attached hydrogens (tertiary/aromatic N) is 1. The van der Waals surface area contributed by atoms with Gasteiger partial charge in [-0.1, -0.05) is 23.7 Å². The smallest absolute Gasteiger partial charge is 0.164 e. The minimum atomic E-state index is 0.711. The monoisotopic (exact) mass is 346 g/mol. The van der Waals surface area contributed by atoms with Crippen molar-refractivity contribution in [3.8, 4) is 11.5 Å². The molecule has 0 amide bonds. The Kier molecular flexibility index (Phi) is 5.17. The molecule has 0 aromatic heterocycles. The Morgan fingerprint density at radius 1 is 1.12 bits per heavy atom. The van der Waals surface area contributed by atoms with Crippen molar-refractivity contribution in [1.29, 1.82) is 0 Å². The van der Waals surface area contributed by atoms with Crippen molar-refractivity contribution in [1.82, 2.24) is 4.90 Å². The molecule has 24 heavy (non-hydrogen) atoms. The van der Waals surface area contributed by atoms with Crippen LogP contribution in [-0.2, 0) is 19.4 Å². The molecule has 0 fully saturated rings. The van der Waals surface area contributed by atoms with Crippen LogP contribution in [0.15, 0.2) is 30.3 Å². The lowest BCUT2D eigenvalue weighted by Gasteiger charge is -2.31. The zero-order chi connectivity index (χ0) is 17.1. The zero-order valence-corrected chi connectivity index (χ0v) is 14.9. The highest BCUT2D eigenvalue weighted by Crippen LogP contribution is 2.39. The second-order valence-corrected chi connectivity index (χ2v) is 6.50. The van der Waals surface area contributed by atoms with Gasteiger partial charge in [0.2, 0.25) is 0 Å². The van der Waals surface area contributed by atoms with Crippen LogP contribution in [0.4, 0.5) is 5.69 Å². The number of rotatable bonds is 5. The van der Waals surface area contributed by atoms with Gasteiger partial charge >= 0.3 is 0 Å². The van der Waals surface area contributed by atoms with Crippen molar-refractivity contribution in [2.45, 2.75) is 19.4 Å². The summed E-state index contributed by atoms with van der Waals surface area (Å²) >= 11 is 5.94. The number of nitrogen functional groups attached to an aromatic ring is 1. The molecule has 0 unspecified atom stereocenters. The van der Waals surface area contributed by atoms with Crippen molar-refractivity contribution < 1.29 is 9.47 Å². The molecular weight excluding hydrogens is 324 g/mol. The van der Waals surface area contributed by atoms with Gasteiger partial charge in [0.25, 0.3) is 0 Å². The normalized spacial score (nSPS) is 14.3. The molecule has 2 aromatic carbocycles. The summed E-state index contributed by atoms with van der Waals surface area (Å²) in [6.07, 6.45) is 1.92. The van der Waals surface area contributed by atoms with Crippen LogP contribution in [0.1, 0.15) is 16.7 Å². The standard InChI is InChI=1S/C19H23ClN2O2/c1-23-18-11-17(21)16-12-22(10-8-15(16)19(18)24-2)9-7-13-3-5-14(20)6-4-13/h3-6,11H,7-10,12,21H2,1-2H3. The lowest BCUT2D eigenvalue weighted by Crippen LogP contribution is -2.33. The van der Waals surface area contributed by atoms with E-state index in [-0.39, 0.29) is 0 Å². The van der Waals surface area contributed by atoms with E-state index < -0.39 is 0 Å². The Morgan fingerprint density at radius 2 is 1.88 bits per heavy atom. The molecule has 0 saturated heterocycles. The number of methoxy groups -OCH3 is 2.